The first-order valence-corrected chi connectivity index (χ1v) is 7.51. The van der Waals surface area contributed by atoms with Gasteiger partial charge in [0.25, 0.3) is 0 Å². The van der Waals surface area contributed by atoms with Crippen molar-refractivity contribution < 1.29 is 4.74 Å². The molecule has 0 saturated carbocycles. The number of methoxy groups -OCH3 is 1. The molecule has 1 rings (SSSR count). The number of hydrogen-bond acceptors (Lipinski definition) is 4. The largest absolute Gasteiger partial charge is 0.383 e. The molecule has 0 saturated heterocycles. The van der Waals surface area contributed by atoms with Crippen LogP contribution in [0.5, 0.6) is 0 Å². The summed E-state index contributed by atoms with van der Waals surface area (Å²) in [7, 11) is 1.69. The van der Waals surface area contributed by atoms with Gasteiger partial charge in [0, 0.05) is 30.8 Å². The van der Waals surface area contributed by atoms with Crippen LogP contribution in [-0.2, 0) is 11.3 Å². The van der Waals surface area contributed by atoms with Gasteiger partial charge < -0.3 is 10.1 Å². The highest BCUT2D eigenvalue weighted by molar-refractivity contribution is 7.99. The molecule has 104 valence electrons. The number of nitrogens with one attached hydrogen (secondary N) is 1. The maximum Gasteiger partial charge on any atom is 0.100 e. The van der Waals surface area contributed by atoms with Crippen molar-refractivity contribution >= 4 is 11.8 Å². The molecule has 0 aliphatic heterocycles. The van der Waals surface area contributed by atoms with Gasteiger partial charge in [0.15, 0.2) is 0 Å². The zero-order valence-corrected chi connectivity index (χ0v) is 12.7. The van der Waals surface area contributed by atoms with E-state index in [0.717, 1.165) is 34.9 Å². The fourth-order valence-corrected chi connectivity index (χ4v) is 2.50. The van der Waals surface area contributed by atoms with Gasteiger partial charge in [-0.05, 0) is 23.6 Å². The Labute approximate surface area is 120 Å². The summed E-state index contributed by atoms with van der Waals surface area (Å²) in [6.45, 7) is 6.67. The number of thioether (sulfide) groups is 1. The quantitative estimate of drug-likeness (QED) is 0.586. The van der Waals surface area contributed by atoms with E-state index in [9.17, 15) is 5.26 Å². The fourth-order valence-electron chi connectivity index (χ4n) is 1.56. The molecular weight excluding hydrogens is 256 g/mol. The Morgan fingerprint density at radius 2 is 2.21 bits per heavy atom. The van der Waals surface area contributed by atoms with Crippen LogP contribution in [0.2, 0.25) is 0 Å². The van der Waals surface area contributed by atoms with Gasteiger partial charge in [-0.2, -0.15) is 5.26 Å². The number of benzene rings is 1. The van der Waals surface area contributed by atoms with Crippen LogP contribution in [0.15, 0.2) is 23.1 Å². The second-order valence-corrected chi connectivity index (χ2v) is 5.88. The van der Waals surface area contributed by atoms with Gasteiger partial charge >= 0.3 is 0 Å². The number of hydrogen-bond donors (Lipinski definition) is 1. The highest BCUT2D eigenvalue weighted by Crippen LogP contribution is 2.25. The van der Waals surface area contributed by atoms with Gasteiger partial charge in [-0.25, -0.2) is 0 Å². The standard InChI is InChI=1S/C15H22N2OS/c1-12(2)11-19-15-5-4-13(8-14(15)9-16)10-17-6-7-18-3/h4-5,8,12,17H,6-7,10-11H2,1-3H3. The summed E-state index contributed by atoms with van der Waals surface area (Å²) in [6.07, 6.45) is 0. The minimum atomic E-state index is 0.631. The van der Waals surface area contributed by atoms with Gasteiger partial charge in [-0.15, -0.1) is 11.8 Å². The molecule has 3 nitrogen and oxygen atoms in total. The Hall–Kier alpha value is -1.02. The lowest BCUT2D eigenvalue weighted by Crippen LogP contribution is -2.18. The zero-order chi connectivity index (χ0) is 14.1. The average molecular weight is 278 g/mol. The Kier molecular flexibility index (Phi) is 7.57. The highest BCUT2D eigenvalue weighted by Gasteiger charge is 2.05. The maximum absolute atomic E-state index is 9.21. The fraction of sp³-hybridized carbons (Fsp3) is 0.533. The number of ether oxygens (including phenoxy) is 1. The van der Waals surface area contributed by atoms with E-state index in [0.29, 0.717) is 12.5 Å². The average Bonchev–Trinajstić information content (AvgIpc) is 2.41. The molecule has 0 aromatic heterocycles. The predicted octanol–water partition coefficient (Wildman–Crippen LogP) is 3.04. The van der Waals surface area contributed by atoms with E-state index in [1.165, 1.54) is 0 Å². The van der Waals surface area contributed by atoms with Gasteiger partial charge in [-0.3, -0.25) is 0 Å². The Bertz CT molecular complexity index is 427. The van der Waals surface area contributed by atoms with Crippen molar-refractivity contribution in [3.05, 3.63) is 29.3 Å². The minimum Gasteiger partial charge on any atom is -0.383 e. The first-order valence-electron chi connectivity index (χ1n) is 6.52. The molecule has 1 aromatic carbocycles. The lowest BCUT2D eigenvalue weighted by Gasteiger charge is -2.09. The summed E-state index contributed by atoms with van der Waals surface area (Å²) in [6, 6.07) is 8.40. The molecule has 0 aliphatic rings. The summed E-state index contributed by atoms with van der Waals surface area (Å²) in [5, 5.41) is 12.5. The lowest BCUT2D eigenvalue weighted by molar-refractivity contribution is 0.199. The maximum atomic E-state index is 9.21. The van der Waals surface area contributed by atoms with E-state index in [1.807, 2.05) is 6.07 Å². The predicted molar refractivity (Wildman–Crippen MR) is 80.3 cm³/mol. The van der Waals surface area contributed by atoms with Gasteiger partial charge in [-0.1, -0.05) is 19.9 Å². The van der Waals surface area contributed by atoms with Crippen LogP contribution in [0.1, 0.15) is 25.0 Å². The number of nitrogens with zero attached hydrogens (tertiary/aromatic N) is 1. The number of nitriles is 1. The summed E-state index contributed by atoms with van der Waals surface area (Å²) in [4.78, 5) is 1.08. The normalized spacial score (nSPS) is 10.7. The van der Waals surface area contributed by atoms with Crippen LogP contribution in [0.3, 0.4) is 0 Å². The number of rotatable bonds is 8. The summed E-state index contributed by atoms with van der Waals surface area (Å²) < 4.78 is 4.98. The summed E-state index contributed by atoms with van der Waals surface area (Å²) in [5.41, 5.74) is 1.92. The highest BCUT2D eigenvalue weighted by atomic mass is 32.2. The zero-order valence-electron chi connectivity index (χ0n) is 11.9. The molecule has 0 heterocycles. The van der Waals surface area contributed by atoms with Crippen molar-refractivity contribution in [1.82, 2.24) is 5.32 Å². The van der Waals surface area contributed by atoms with Crippen molar-refractivity contribution in [3.8, 4) is 6.07 Å². The Balaban J connectivity index is 2.60. The second kappa shape index (κ2) is 8.98. The van der Waals surface area contributed by atoms with Crippen LogP contribution in [0.4, 0.5) is 0 Å². The van der Waals surface area contributed by atoms with Crippen molar-refractivity contribution in [2.75, 3.05) is 26.0 Å². The molecule has 1 N–H and O–H groups in total. The van der Waals surface area contributed by atoms with Crippen molar-refractivity contribution in [3.63, 3.8) is 0 Å². The Morgan fingerprint density at radius 3 is 2.84 bits per heavy atom. The first kappa shape index (κ1) is 16.0. The van der Waals surface area contributed by atoms with Crippen LogP contribution >= 0.6 is 11.8 Å². The topological polar surface area (TPSA) is 45.0 Å². The summed E-state index contributed by atoms with van der Waals surface area (Å²) in [5.74, 6) is 1.67. The second-order valence-electron chi connectivity index (χ2n) is 4.82. The van der Waals surface area contributed by atoms with Gasteiger partial charge in [0.05, 0.1) is 12.2 Å². The molecule has 0 radical (unpaired) electrons. The van der Waals surface area contributed by atoms with Gasteiger partial charge in [0.1, 0.15) is 6.07 Å². The molecule has 0 bridgehead atoms. The first-order chi connectivity index (χ1) is 9.17. The van der Waals surface area contributed by atoms with Crippen LogP contribution in [0.25, 0.3) is 0 Å². The third kappa shape index (κ3) is 6.11. The van der Waals surface area contributed by atoms with E-state index in [-0.39, 0.29) is 0 Å². The van der Waals surface area contributed by atoms with Crippen LogP contribution in [-0.4, -0.2) is 26.0 Å². The third-order valence-electron chi connectivity index (χ3n) is 2.55. The monoisotopic (exact) mass is 278 g/mol. The van der Waals surface area contributed by atoms with Gasteiger partial charge in [0.2, 0.25) is 0 Å². The SMILES string of the molecule is COCCNCc1ccc(SCC(C)C)c(C#N)c1. The molecule has 4 heteroatoms. The van der Waals surface area contributed by atoms with Crippen molar-refractivity contribution in [2.24, 2.45) is 5.92 Å². The van der Waals surface area contributed by atoms with Crippen LogP contribution < -0.4 is 5.32 Å². The molecule has 0 fully saturated rings. The van der Waals surface area contributed by atoms with Crippen molar-refractivity contribution in [1.29, 1.82) is 5.26 Å². The van der Waals surface area contributed by atoms with E-state index in [1.54, 1.807) is 18.9 Å². The molecule has 19 heavy (non-hydrogen) atoms. The minimum absolute atomic E-state index is 0.631. The molecule has 0 atom stereocenters. The van der Waals surface area contributed by atoms with E-state index in [2.05, 4.69) is 37.4 Å². The smallest absolute Gasteiger partial charge is 0.100 e. The molecule has 0 aliphatic carbocycles. The van der Waals surface area contributed by atoms with Crippen LogP contribution in [0, 0.1) is 17.2 Å². The molecular formula is C15H22N2OS. The molecule has 0 amide bonds. The van der Waals surface area contributed by atoms with E-state index < -0.39 is 0 Å². The molecule has 1 aromatic rings. The third-order valence-corrected chi connectivity index (χ3v) is 4.05. The van der Waals surface area contributed by atoms with E-state index in [4.69, 9.17) is 4.74 Å². The van der Waals surface area contributed by atoms with E-state index >= 15 is 0 Å². The lowest BCUT2D eigenvalue weighted by atomic mass is 10.1. The van der Waals surface area contributed by atoms with Crippen molar-refractivity contribution in [2.45, 2.75) is 25.3 Å². The summed E-state index contributed by atoms with van der Waals surface area (Å²) >= 11 is 1.76. The molecule has 0 spiro atoms. The molecule has 0 unspecified atom stereocenters. The Morgan fingerprint density at radius 1 is 1.42 bits per heavy atom.